The third kappa shape index (κ3) is 5.81. The van der Waals surface area contributed by atoms with Crippen LogP contribution in [0.2, 0.25) is 0 Å². The van der Waals surface area contributed by atoms with Crippen molar-refractivity contribution in [2.45, 2.75) is 25.3 Å². The van der Waals surface area contributed by atoms with Crippen molar-refractivity contribution >= 4 is 11.5 Å². The van der Waals surface area contributed by atoms with Crippen molar-refractivity contribution in [3.05, 3.63) is 89.6 Å². The Morgan fingerprint density at radius 1 is 1.00 bits per heavy atom. The molecule has 0 saturated carbocycles. The van der Waals surface area contributed by atoms with E-state index in [0.717, 1.165) is 25.2 Å². The van der Waals surface area contributed by atoms with Crippen LogP contribution in [-0.2, 0) is 0 Å². The first-order valence-corrected chi connectivity index (χ1v) is 9.90. The Bertz CT molecular complexity index is 931. The number of nitrogens with one attached hydrogen (secondary N) is 2. The van der Waals surface area contributed by atoms with Gasteiger partial charge in [0.05, 0.1) is 17.3 Å². The molecule has 5 nitrogen and oxygen atoms in total. The highest BCUT2D eigenvalue weighted by atomic mass is 15.0. The number of aromatic nitrogens is 1. The number of pyridine rings is 1. The van der Waals surface area contributed by atoms with Crippen LogP contribution in [0.5, 0.6) is 0 Å². The van der Waals surface area contributed by atoms with Crippen LogP contribution in [0.15, 0.2) is 72.9 Å². The van der Waals surface area contributed by atoms with Crippen molar-refractivity contribution in [3.8, 4) is 6.07 Å². The maximum absolute atomic E-state index is 8.97. The van der Waals surface area contributed by atoms with Crippen LogP contribution in [0.3, 0.4) is 0 Å². The number of anilines is 2. The molecule has 0 bridgehead atoms. The summed E-state index contributed by atoms with van der Waals surface area (Å²) >= 11 is 0. The van der Waals surface area contributed by atoms with Crippen LogP contribution in [0.1, 0.15) is 42.0 Å². The number of hydrogen-bond donors (Lipinski definition) is 3. The fraction of sp³-hybridized carbons (Fsp3) is 0.250. The van der Waals surface area contributed by atoms with E-state index in [1.807, 2.05) is 42.5 Å². The lowest BCUT2D eigenvalue weighted by molar-refractivity contribution is 0.488. The van der Waals surface area contributed by atoms with E-state index < -0.39 is 0 Å². The van der Waals surface area contributed by atoms with E-state index in [9.17, 15) is 0 Å². The van der Waals surface area contributed by atoms with Crippen molar-refractivity contribution in [2.24, 2.45) is 0 Å². The normalized spacial score (nSPS) is 12.7. The summed E-state index contributed by atoms with van der Waals surface area (Å²) in [4.78, 5) is 4.12. The first kappa shape index (κ1) is 20.4. The number of rotatable bonds is 9. The molecule has 5 heteroatoms. The van der Waals surface area contributed by atoms with E-state index in [0.29, 0.717) is 17.3 Å². The smallest absolute Gasteiger partial charge is 0.146 e. The number of nitrogen functional groups attached to an aromatic ring is 1. The molecule has 0 saturated heterocycles. The minimum atomic E-state index is 0.224. The number of benzene rings is 2. The summed E-state index contributed by atoms with van der Waals surface area (Å²) in [5.74, 6) is 0.863. The monoisotopic (exact) mass is 385 g/mol. The molecule has 0 aliphatic heterocycles. The van der Waals surface area contributed by atoms with E-state index in [-0.39, 0.29) is 6.04 Å². The number of nitrogens with zero attached hydrogens (tertiary/aromatic N) is 2. The zero-order chi connectivity index (χ0) is 20.5. The zero-order valence-electron chi connectivity index (χ0n) is 16.7. The topological polar surface area (TPSA) is 86.8 Å². The lowest BCUT2D eigenvalue weighted by Crippen LogP contribution is -2.27. The molecule has 0 radical (unpaired) electrons. The zero-order valence-corrected chi connectivity index (χ0v) is 16.7. The van der Waals surface area contributed by atoms with Gasteiger partial charge in [0.1, 0.15) is 5.82 Å². The predicted octanol–water partition coefficient (Wildman–Crippen LogP) is 4.47. The van der Waals surface area contributed by atoms with E-state index in [4.69, 9.17) is 11.0 Å². The van der Waals surface area contributed by atoms with E-state index >= 15 is 0 Å². The quantitative estimate of drug-likeness (QED) is 0.506. The lowest BCUT2D eigenvalue weighted by atomic mass is 9.98. The van der Waals surface area contributed by atoms with Crippen LogP contribution in [-0.4, -0.2) is 18.1 Å². The van der Waals surface area contributed by atoms with Crippen LogP contribution in [0, 0.1) is 11.3 Å². The Morgan fingerprint density at radius 3 is 2.45 bits per heavy atom. The Morgan fingerprint density at radius 2 is 1.76 bits per heavy atom. The second-order valence-corrected chi connectivity index (χ2v) is 7.16. The van der Waals surface area contributed by atoms with Crippen molar-refractivity contribution in [1.82, 2.24) is 10.3 Å². The number of hydrogen-bond acceptors (Lipinski definition) is 5. The Kier molecular flexibility index (Phi) is 7.21. The third-order valence-corrected chi connectivity index (χ3v) is 5.07. The van der Waals surface area contributed by atoms with Crippen molar-refractivity contribution in [3.63, 3.8) is 0 Å². The molecule has 2 aromatic carbocycles. The first-order valence-electron chi connectivity index (χ1n) is 9.90. The summed E-state index contributed by atoms with van der Waals surface area (Å²) in [6.45, 7) is 3.83. The third-order valence-electron chi connectivity index (χ3n) is 5.07. The molecule has 148 valence electrons. The highest BCUT2D eigenvalue weighted by Crippen LogP contribution is 2.21. The Labute approximate surface area is 172 Å². The minimum Gasteiger partial charge on any atom is -0.382 e. The molecule has 29 heavy (non-hydrogen) atoms. The van der Waals surface area contributed by atoms with E-state index in [1.54, 1.807) is 6.20 Å². The summed E-state index contributed by atoms with van der Waals surface area (Å²) in [5.41, 5.74) is 9.97. The Balaban J connectivity index is 1.61. The molecule has 3 aromatic rings. The van der Waals surface area contributed by atoms with Crippen LogP contribution < -0.4 is 16.4 Å². The second-order valence-electron chi connectivity index (χ2n) is 7.16. The van der Waals surface area contributed by atoms with E-state index in [1.165, 1.54) is 11.1 Å². The van der Waals surface area contributed by atoms with E-state index in [2.05, 4.69) is 52.9 Å². The van der Waals surface area contributed by atoms with Crippen LogP contribution in [0.25, 0.3) is 0 Å². The fourth-order valence-electron chi connectivity index (χ4n) is 3.31. The molecule has 0 aliphatic rings. The minimum absolute atomic E-state index is 0.224. The largest absolute Gasteiger partial charge is 0.382 e. The van der Waals surface area contributed by atoms with Crippen LogP contribution >= 0.6 is 0 Å². The highest BCUT2D eigenvalue weighted by molar-refractivity contribution is 5.60. The number of nitriles is 1. The maximum atomic E-state index is 8.97. The highest BCUT2D eigenvalue weighted by Gasteiger charge is 2.13. The first-order chi connectivity index (χ1) is 14.2. The lowest BCUT2D eigenvalue weighted by Gasteiger charge is -2.22. The van der Waals surface area contributed by atoms with Crippen LogP contribution in [0.4, 0.5) is 11.5 Å². The summed E-state index contributed by atoms with van der Waals surface area (Å²) < 4.78 is 0. The molecule has 2 atom stereocenters. The van der Waals surface area contributed by atoms with Gasteiger partial charge >= 0.3 is 0 Å². The van der Waals surface area contributed by atoms with Gasteiger partial charge < -0.3 is 16.4 Å². The van der Waals surface area contributed by atoms with Gasteiger partial charge in [0.2, 0.25) is 0 Å². The molecule has 2 unspecified atom stereocenters. The van der Waals surface area contributed by atoms with Gasteiger partial charge in [-0.25, -0.2) is 4.98 Å². The SMILES string of the molecule is CC(CNC(CCNc1cccnc1N)c1ccccc1)c1ccc(C#N)cc1. The van der Waals surface area contributed by atoms with Gasteiger partial charge in [-0.3, -0.25) is 0 Å². The predicted molar refractivity (Wildman–Crippen MR) is 119 cm³/mol. The van der Waals surface area contributed by atoms with Gasteiger partial charge in [-0.2, -0.15) is 5.26 Å². The van der Waals surface area contributed by atoms with Crippen molar-refractivity contribution in [2.75, 3.05) is 24.1 Å². The molecule has 4 N–H and O–H groups in total. The van der Waals surface area contributed by atoms with Crippen molar-refractivity contribution in [1.29, 1.82) is 5.26 Å². The van der Waals surface area contributed by atoms with Gasteiger partial charge in [-0.1, -0.05) is 49.4 Å². The summed E-state index contributed by atoms with van der Waals surface area (Å²) in [6, 6.07) is 24.5. The fourth-order valence-corrected chi connectivity index (χ4v) is 3.31. The standard InChI is InChI=1S/C24H27N5/c1-18(20-11-9-19(16-25)10-12-20)17-29-22(21-6-3-2-4-7-21)13-15-27-23-8-5-14-28-24(23)26/h2-12,14,18,22,27,29H,13,15,17H2,1H3,(H2,26,28). The molecule has 0 amide bonds. The van der Waals surface area contributed by atoms with Crippen molar-refractivity contribution < 1.29 is 0 Å². The summed E-state index contributed by atoms with van der Waals surface area (Å²) in [5, 5.41) is 16.1. The van der Waals surface area contributed by atoms with Gasteiger partial charge in [-0.05, 0) is 47.7 Å². The summed E-state index contributed by atoms with van der Waals surface area (Å²) in [6.07, 6.45) is 2.61. The molecule has 3 rings (SSSR count). The van der Waals surface area contributed by atoms with Gasteiger partial charge in [0, 0.05) is 25.3 Å². The Hall–Kier alpha value is -3.36. The molecule has 0 aliphatic carbocycles. The maximum Gasteiger partial charge on any atom is 0.146 e. The van der Waals surface area contributed by atoms with Gasteiger partial charge in [0.25, 0.3) is 0 Å². The molecular weight excluding hydrogens is 358 g/mol. The second kappa shape index (κ2) is 10.3. The molecular formula is C24H27N5. The molecule has 1 heterocycles. The molecule has 0 spiro atoms. The molecule has 1 aromatic heterocycles. The molecule has 0 fully saturated rings. The average Bonchev–Trinajstić information content (AvgIpc) is 2.77. The van der Waals surface area contributed by atoms with Gasteiger partial charge in [0.15, 0.2) is 0 Å². The number of nitrogens with two attached hydrogens (primary N) is 1. The average molecular weight is 386 g/mol. The van der Waals surface area contributed by atoms with Gasteiger partial charge in [-0.15, -0.1) is 0 Å². The summed E-state index contributed by atoms with van der Waals surface area (Å²) in [7, 11) is 0.